The summed E-state index contributed by atoms with van der Waals surface area (Å²) in [6, 6.07) is 5.33. The summed E-state index contributed by atoms with van der Waals surface area (Å²) in [5, 5.41) is 7.84. The van der Waals surface area contributed by atoms with E-state index in [4.69, 9.17) is 27.5 Å². The fourth-order valence-corrected chi connectivity index (χ4v) is 1.38. The molecule has 0 saturated carbocycles. The van der Waals surface area contributed by atoms with Crippen molar-refractivity contribution < 1.29 is 4.74 Å². The van der Waals surface area contributed by atoms with Crippen molar-refractivity contribution in [1.29, 1.82) is 5.41 Å². The number of nitrogens with two attached hydrogens (primary N) is 1. The molecule has 0 radical (unpaired) electrons. The number of amidine groups is 1. The average molecular weight is 213 g/mol. The first-order valence-corrected chi connectivity index (χ1v) is 4.75. The van der Waals surface area contributed by atoms with Crippen molar-refractivity contribution >= 4 is 17.4 Å². The first-order chi connectivity index (χ1) is 6.63. The second kappa shape index (κ2) is 4.86. The Balaban J connectivity index is 2.96. The van der Waals surface area contributed by atoms with Crippen LogP contribution in [0.5, 0.6) is 5.75 Å². The van der Waals surface area contributed by atoms with Crippen LogP contribution in [0, 0.1) is 5.41 Å². The summed E-state index contributed by atoms with van der Waals surface area (Å²) >= 11 is 5.83. The lowest BCUT2D eigenvalue weighted by Crippen LogP contribution is -2.13. The lowest BCUT2D eigenvalue weighted by molar-refractivity contribution is 0.337. The molecular weight excluding hydrogens is 200 g/mol. The maximum absolute atomic E-state index is 7.21. The number of benzene rings is 1. The summed E-state index contributed by atoms with van der Waals surface area (Å²) in [7, 11) is 0. The van der Waals surface area contributed by atoms with Gasteiger partial charge in [0.1, 0.15) is 5.75 Å². The zero-order chi connectivity index (χ0) is 10.6. The second-order valence-electron chi connectivity index (χ2n) is 2.89. The predicted octanol–water partition coefficient (Wildman–Crippen LogP) is 2.22. The normalized spacial score (nSPS) is 9.86. The first kappa shape index (κ1) is 10.9. The standard InChI is InChI=1S/C10H13ClN2O/c1-2-14-9-4-3-8(11)5-7(9)6-10(12)13/h3-5H,2,6H2,1H3,(H3,12,13). The minimum Gasteiger partial charge on any atom is -0.494 e. The van der Waals surface area contributed by atoms with Crippen LogP contribution in [-0.4, -0.2) is 12.4 Å². The predicted molar refractivity (Wildman–Crippen MR) is 58.2 cm³/mol. The zero-order valence-electron chi connectivity index (χ0n) is 8.01. The molecule has 0 atom stereocenters. The monoisotopic (exact) mass is 212 g/mol. The van der Waals surface area contributed by atoms with Crippen molar-refractivity contribution in [2.24, 2.45) is 5.73 Å². The van der Waals surface area contributed by atoms with Crippen molar-refractivity contribution in [3.8, 4) is 5.75 Å². The molecule has 1 aromatic rings. The van der Waals surface area contributed by atoms with Gasteiger partial charge in [-0.1, -0.05) is 11.6 Å². The summed E-state index contributed by atoms with van der Waals surface area (Å²) in [5.41, 5.74) is 6.18. The van der Waals surface area contributed by atoms with Gasteiger partial charge in [-0.3, -0.25) is 5.41 Å². The second-order valence-corrected chi connectivity index (χ2v) is 3.32. The molecule has 0 aliphatic rings. The molecule has 3 nitrogen and oxygen atoms in total. The lowest BCUT2D eigenvalue weighted by Gasteiger charge is -2.09. The van der Waals surface area contributed by atoms with E-state index in [1.54, 1.807) is 18.2 Å². The number of nitrogens with one attached hydrogen (secondary N) is 1. The van der Waals surface area contributed by atoms with E-state index in [0.29, 0.717) is 18.1 Å². The van der Waals surface area contributed by atoms with E-state index >= 15 is 0 Å². The molecule has 0 heterocycles. The van der Waals surface area contributed by atoms with Crippen LogP contribution in [0.3, 0.4) is 0 Å². The van der Waals surface area contributed by atoms with Crippen molar-refractivity contribution in [2.75, 3.05) is 6.61 Å². The van der Waals surface area contributed by atoms with Crippen LogP contribution in [0.4, 0.5) is 0 Å². The minimum atomic E-state index is 0.105. The number of halogens is 1. The Hall–Kier alpha value is -1.22. The topological polar surface area (TPSA) is 59.1 Å². The number of hydrogen-bond acceptors (Lipinski definition) is 2. The Morgan fingerprint density at radius 3 is 2.86 bits per heavy atom. The quantitative estimate of drug-likeness (QED) is 0.594. The van der Waals surface area contributed by atoms with E-state index in [-0.39, 0.29) is 5.84 Å². The molecule has 3 N–H and O–H groups in total. The highest BCUT2D eigenvalue weighted by Crippen LogP contribution is 2.23. The van der Waals surface area contributed by atoms with Crippen LogP contribution in [0.15, 0.2) is 18.2 Å². The Bertz CT molecular complexity index is 339. The highest BCUT2D eigenvalue weighted by Gasteiger charge is 2.05. The molecule has 0 unspecified atom stereocenters. The highest BCUT2D eigenvalue weighted by molar-refractivity contribution is 6.30. The van der Waals surface area contributed by atoms with Crippen LogP contribution in [-0.2, 0) is 6.42 Å². The van der Waals surface area contributed by atoms with E-state index in [0.717, 1.165) is 11.3 Å². The molecule has 1 aromatic carbocycles. The van der Waals surface area contributed by atoms with Gasteiger partial charge in [0.2, 0.25) is 0 Å². The van der Waals surface area contributed by atoms with Crippen molar-refractivity contribution in [3.05, 3.63) is 28.8 Å². The Labute approximate surface area is 88.3 Å². The third kappa shape index (κ3) is 2.92. The van der Waals surface area contributed by atoms with E-state index in [9.17, 15) is 0 Å². The molecule has 0 aliphatic carbocycles. The van der Waals surface area contributed by atoms with Gasteiger partial charge in [-0.25, -0.2) is 0 Å². The first-order valence-electron chi connectivity index (χ1n) is 4.37. The molecule has 0 amide bonds. The van der Waals surface area contributed by atoms with Crippen LogP contribution in [0.1, 0.15) is 12.5 Å². The van der Waals surface area contributed by atoms with E-state index in [2.05, 4.69) is 0 Å². The van der Waals surface area contributed by atoms with Gasteiger partial charge in [0, 0.05) is 17.0 Å². The van der Waals surface area contributed by atoms with Gasteiger partial charge < -0.3 is 10.5 Å². The van der Waals surface area contributed by atoms with Crippen molar-refractivity contribution in [1.82, 2.24) is 0 Å². The average Bonchev–Trinajstić information content (AvgIpc) is 2.09. The van der Waals surface area contributed by atoms with E-state index in [1.165, 1.54) is 0 Å². The minimum absolute atomic E-state index is 0.105. The van der Waals surface area contributed by atoms with Gasteiger partial charge in [-0.05, 0) is 25.1 Å². The zero-order valence-corrected chi connectivity index (χ0v) is 8.77. The SMILES string of the molecule is CCOc1ccc(Cl)cc1CC(=N)N. The molecule has 0 spiro atoms. The van der Waals surface area contributed by atoms with E-state index in [1.807, 2.05) is 6.92 Å². The summed E-state index contributed by atoms with van der Waals surface area (Å²) < 4.78 is 5.38. The molecule has 0 fully saturated rings. The maximum Gasteiger partial charge on any atom is 0.123 e. The van der Waals surface area contributed by atoms with Gasteiger partial charge in [0.05, 0.1) is 12.4 Å². The summed E-state index contributed by atoms with van der Waals surface area (Å²) in [6.45, 7) is 2.50. The van der Waals surface area contributed by atoms with E-state index < -0.39 is 0 Å². The number of hydrogen-bond donors (Lipinski definition) is 2. The summed E-state index contributed by atoms with van der Waals surface area (Å²) in [5.74, 6) is 0.848. The highest BCUT2D eigenvalue weighted by atomic mass is 35.5. The van der Waals surface area contributed by atoms with Crippen molar-refractivity contribution in [3.63, 3.8) is 0 Å². The summed E-state index contributed by atoms with van der Waals surface area (Å²) in [6.07, 6.45) is 0.371. The number of ether oxygens (including phenoxy) is 1. The van der Waals surface area contributed by atoms with Gasteiger partial charge in [0.25, 0.3) is 0 Å². The van der Waals surface area contributed by atoms with Gasteiger partial charge in [-0.2, -0.15) is 0 Å². The molecule has 0 aliphatic heterocycles. The van der Waals surface area contributed by atoms with Crippen LogP contribution >= 0.6 is 11.6 Å². The van der Waals surface area contributed by atoms with Crippen LogP contribution in [0.2, 0.25) is 5.02 Å². The molecular formula is C10H13ClN2O. The Morgan fingerprint density at radius 1 is 1.57 bits per heavy atom. The van der Waals surface area contributed by atoms with Crippen LogP contribution < -0.4 is 10.5 Å². The van der Waals surface area contributed by atoms with Gasteiger partial charge in [0.15, 0.2) is 0 Å². The smallest absolute Gasteiger partial charge is 0.123 e. The maximum atomic E-state index is 7.21. The van der Waals surface area contributed by atoms with Gasteiger partial charge in [-0.15, -0.1) is 0 Å². The third-order valence-corrected chi connectivity index (χ3v) is 1.94. The Morgan fingerprint density at radius 2 is 2.29 bits per heavy atom. The molecule has 0 aromatic heterocycles. The van der Waals surface area contributed by atoms with Crippen LogP contribution in [0.25, 0.3) is 0 Å². The Kier molecular flexibility index (Phi) is 3.77. The third-order valence-electron chi connectivity index (χ3n) is 1.70. The summed E-state index contributed by atoms with van der Waals surface area (Å²) in [4.78, 5) is 0. The molecule has 14 heavy (non-hydrogen) atoms. The van der Waals surface area contributed by atoms with Gasteiger partial charge >= 0.3 is 0 Å². The number of rotatable bonds is 4. The van der Waals surface area contributed by atoms with Crippen molar-refractivity contribution in [2.45, 2.75) is 13.3 Å². The molecule has 0 bridgehead atoms. The molecule has 4 heteroatoms. The molecule has 0 saturated heterocycles. The molecule has 76 valence electrons. The molecule has 1 rings (SSSR count). The fourth-order valence-electron chi connectivity index (χ4n) is 1.19. The largest absolute Gasteiger partial charge is 0.494 e. The fraction of sp³-hybridized carbons (Fsp3) is 0.300. The lowest BCUT2D eigenvalue weighted by atomic mass is 10.1.